The molecule has 0 saturated heterocycles. The first kappa shape index (κ1) is 18.0. The molecule has 0 amide bonds. The molecular weight excluding hydrogens is 406 g/mol. The SMILES string of the molecule is c1cnnc(-c2nccc(-c3cc[nH]n3)c2-c2ccc3ccc4cccc5ccc2c3c45)c1. The molecule has 3 heterocycles. The Balaban J connectivity index is 1.64. The third kappa shape index (κ3) is 2.66. The monoisotopic (exact) mass is 423 g/mol. The van der Waals surface area contributed by atoms with E-state index in [0.717, 1.165) is 33.8 Å². The van der Waals surface area contributed by atoms with Crippen LogP contribution in [0.5, 0.6) is 0 Å². The first-order chi connectivity index (χ1) is 16.4. The van der Waals surface area contributed by atoms with Gasteiger partial charge in [-0.15, -0.1) is 5.10 Å². The number of hydrogen-bond donors (Lipinski definition) is 1. The summed E-state index contributed by atoms with van der Waals surface area (Å²) in [5.74, 6) is 0. The van der Waals surface area contributed by atoms with Gasteiger partial charge >= 0.3 is 0 Å². The molecule has 5 nitrogen and oxygen atoms in total. The van der Waals surface area contributed by atoms with Crippen LogP contribution in [-0.4, -0.2) is 25.4 Å². The maximum absolute atomic E-state index is 4.76. The average molecular weight is 423 g/mol. The van der Waals surface area contributed by atoms with Gasteiger partial charge in [-0.2, -0.15) is 10.2 Å². The van der Waals surface area contributed by atoms with Crippen LogP contribution in [0, 0.1) is 0 Å². The van der Waals surface area contributed by atoms with E-state index in [4.69, 9.17) is 4.98 Å². The van der Waals surface area contributed by atoms with Gasteiger partial charge in [-0.05, 0) is 62.1 Å². The average Bonchev–Trinajstić information content (AvgIpc) is 3.42. The summed E-state index contributed by atoms with van der Waals surface area (Å²) in [5.41, 5.74) is 5.50. The Hall–Kier alpha value is -4.64. The maximum atomic E-state index is 4.76. The lowest BCUT2D eigenvalue weighted by molar-refractivity contribution is 1.03. The van der Waals surface area contributed by atoms with Crippen molar-refractivity contribution in [3.63, 3.8) is 0 Å². The third-order valence-electron chi connectivity index (χ3n) is 6.34. The van der Waals surface area contributed by atoms with Crippen LogP contribution in [-0.2, 0) is 0 Å². The number of benzene rings is 4. The smallest absolute Gasteiger partial charge is 0.112 e. The molecule has 0 spiro atoms. The maximum Gasteiger partial charge on any atom is 0.112 e. The molecule has 3 aromatic heterocycles. The minimum absolute atomic E-state index is 0.732. The molecule has 0 unspecified atom stereocenters. The molecule has 0 bridgehead atoms. The number of aromatic nitrogens is 5. The van der Waals surface area contributed by atoms with Gasteiger partial charge in [-0.1, -0.05) is 54.6 Å². The predicted molar refractivity (Wildman–Crippen MR) is 132 cm³/mol. The molecule has 154 valence electrons. The Morgan fingerprint density at radius 3 is 2.21 bits per heavy atom. The van der Waals surface area contributed by atoms with Gasteiger partial charge in [0.05, 0.1) is 11.4 Å². The molecule has 5 heteroatoms. The van der Waals surface area contributed by atoms with E-state index in [0.29, 0.717) is 0 Å². The van der Waals surface area contributed by atoms with Gasteiger partial charge in [0.15, 0.2) is 0 Å². The molecule has 1 N–H and O–H groups in total. The molecule has 33 heavy (non-hydrogen) atoms. The van der Waals surface area contributed by atoms with Gasteiger partial charge in [0.2, 0.25) is 0 Å². The molecule has 0 aliphatic heterocycles. The second kappa shape index (κ2) is 6.93. The van der Waals surface area contributed by atoms with Gasteiger partial charge in [0.1, 0.15) is 5.69 Å². The van der Waals surface area contributed by atoms with E-state index in [2.05, 4.69) is 75.0 Å². The van der Waals surface area contributed by atoms with Crippen molar-refractivity contribution in [3.8, 4) is 33.8 Å². The summed E-state index contributed by atoms with van der Waals surface area (Å²) in [6.07, 6.45) is 5.33. The Labute approximate surface area is 189 Å². The van der Waals surface area contributed by atoms with Gasteiger partial charge in [-0.3, -0.25) is 10.1 Å². The fourth-order valence-corrected chi connectivity index (χ4v) is 4.93. The van der Waals surface area contributed by atoms with Crippen LogP contribution in [0.15, 0.2) is 97.5 Å². The molecular formula is C28H17N5. The van der Waals surface area contributed by atoms with E-state index in [-0.39, 0.29) is 0 Å². The van der Waals surface area contributed by atoms with Crippen LogP contribution in [0.4, 0.5) is 0 Å². The number of rotatable bonds is 3. The van der Waals surface area contributed by atoms with Crippen LogP contribution in [0.25, 0.3) is 66.1 Å². The van der Waals surface area contributed by atoms with Crippen LogP contribution < -0.4 is 0 Å². The fraction of sp³-hybridized carbons (Fsp3) is 0. The summed E-state index contributed by atoms with van der Waals surface area (Å²) in [7, 11) is 0. The first-order valence-electron chi connectivity index (χ1n) is 10.8. The molecule has 0 atom stereocenters. The zero-order valence-corrected chi connectivity index (χ0v) is 17.5. The van der Waals surface area contributed by atoms with Crippen molar-refractivity contribution >= 4 is 32.3 Å². The summed E-state index contributed by atoms with van der Waals surface area (Å²) >= 11 is 0. The summed E-state index contributed by atoms with van der Waals surface area (Å²) in [4.78, 5) is 4.76. The molecule has 0 aliphatic carbocycles. The highest BCUT2D eigenvalue weighted by molar-refractivity contribution is 6.26. The second-order valence-corrected chi connectivity index (χ2v) is 8.12. The van der Waals surface area contributed by atoms with Crippen molar-refractivity contribution in [1.82, 2.24) is 25.4 Å². The van der Waals surface area contributed by atoms with E-state index in [1.165, 1.54) is 32.3 Å². The van der Waals surface area contributed by atoms with Crippen molar-refractivity contribution in [2.75, 3.05) is 0 Å². The lowest BCUT2D eigenvalue weighted by atomic mass is 9.87. The number of pyridine rings is 1. The fourth-order valence-electron chi connectivity index (χ4n) is 4.93. The van der Waals surface area contributed by atoms with E-state index in [1.807, 2.05) is 36.7 Å². The molecule has 0 radical (unpaired) electrons. The normalized spacial score (nSPS) is 11.6. The van der Waals surface area contributed by atoms with E-state index in [1.54, 1.807) is 6.20 Å². The standard InChI is InChI=1S/C28H17N5/c1-3-17-6-7-19-9-11-21(20-10-8-18(4-1)25(17)26(19)20)27-22(23-13-16-31-32-23)12-15-29-28(27)24-5-2-14-30-33-24/h1-16H,(H,31,32). The van der Waals surface area contributed by atoms with Crippen LogP contribution in [0.3, 0.4) is 0 Å². The third-order valence-corrected chi connectivity index (χ3v) is 6.34. The van der Waals surface area contributed by atoms with Crippen LogP contribution >= 0.6 is 0 Å². The molecule has 4 aromatic carbocycles. The van der Waals surface area contributed by atoms with E-state index < -0.39 is 0 Å². The van der Waals surface area contributed by atoms with E-state index >= 15 is 0 Å². The van der Waals surface area contributed by atoms with Crippen molar-refractivity contribution < 1.29 is 0 Å². The zero-order valence-electron chi connectivity index (χ0n) is 17.5. The zero-order chi connectivity index (χ0) is 21.8. The Morgan fingerprint density at radius 1 is 0.606 bits per heavy atom. The first-order valence-corrected chi connectivity index (χ1v) is 10.8. The van der Waals surface area contributed by atoms with Crippen molar-refractivity contribution in [3.05, 3.63) is 97.5 Å². The van der Waals surface area contributed by atoms with Gasteiger partial charge < -0.3 is 0 Å². The quantitative estimate of drug-likeness (QED) is 0.330. The lowest BCUT2D eigenvalue weighted by Gasteiger charge is -2.17. The second-order valence-electron chi connectivity index (χ2n) is 8.12. The highest BCUT2D eigenvalue weighted by atomic mass is 15.1. The Morgan fingerprint density at radius 2 is 1.42 bits per heavy atom. The van der Waals surface area contributed by atoms with Gasteiger partial charge in [0, 0.05) is 29.7 Å². The number of hydrogen-bond acceptors (Lipinski definition) is 4. The summed E-state index contributed by atoms with van der Waals surface area (Å²) in [5, 5.41) is 23.4. The topological polar surface area (TPSA) is 67.3 Å². The number of nitrogens with one attached hydrogen (secondary N) is 1. The minimum Gasteiger partial charge on any atom is -0.285 e. The summed E-state index contributed by atoms with van der Waals surface area (Å²) in [6.45, 7) is 0. The largest absolute Gasteiger partial charge is 0.285 e. The number of H-pyrrole nitrogens is 1. The summed E-state index contributed by atoms with van der Waals surface area (Å²) in [6, 6.07) is 27.5. The number of nitrogens with zero attached hydrogens (tertiary/aromatic N) is 4. The van der Waals surface area contributed by atoms with Crippen molar-refractivity contribution in [1.29, 1.82) is 0 Å². The lowest BCUT2D eigenvalue weighted by Crippen LogP contribution is -1.97. The molecule has 7 rings (SSSR count). The molecule has 0 saturated carbocycles. The summed E-state index contributed by atoms with van der Waals surface area (Å²) < 4.78 is 0. The van der Waals surface area contributed by atoms with Gasteiger partial charge in [0.25, 0.3) is 0 Å². The minimum atomic E-state index is 0.732. The van der Waals surface area contributed by atoms with Gasteiger partial charge in [-0.25, -0.2) is 0 Å². The van der Waals surface area contributed by atoms with E-state index in [9.17, 15) is 0 Å². The Kier molecular flexibility index (Phi) is 3.78. The van der Waals surface area contributed by atoms with Crippen LogP contribution in [0.1, 0.15) is 0 Å². The molecule has 0 aliphatic rings. The predicted octanol–water partition coefficient (Wildman–Crippen LogP) is 6.49. The highest BCUT2D eigenvalue weighted by Crippen LogP contribution is 2.44. The Bertz CT molecular complexity index is 1740. The van der Waals surface area contributed by atoms with Crippen molar-refractivity contribution in [2.45, 2.75) is 0 Å². The van der Waals surface area contributed by atoms with Crippen LogP contribution in [0.2, 0.25) is 0 Å². The molecule has 7 aromatic rings. The van der Waals surface area contributed by atoms with Crippen molar-refractivity contribution in [2.24, 2.45) is 0 Å². The molecule has 0 fully saturated rings. The highest BCUT2D eigenvalue weighted by Gasteiger charge is 2.20. The number of aromatic amines is 1.